The fourth-order valence-corrected chi connectivity index (χ4v) is 3.03. The summed E-state index contributed by atoms with van der Waals surface area (Å²) in [5.41, 5.74) is 1.43. The number of rotatable bonds is 4. The third kappa shape index (κ3) is 4.04. The summed E-state index contributed by atoms with van der Waals surface area (Å²) in [6.45, 7) is 1.53. The van der Waals surface area contributed by atoms with Crippen LogP contribution in [0.25, 0.3) is 0 Å². The van der Waals surface area contributed by atoms with Crippen LogP contribution in [0.1, 0.15) is 35.4 Å². The molecule has 7 nitrogen and oxygen atoms in total. The van der Waals surface area contributed by atoms with Crippen LogP contribution >= 0.6 is 0 Å². The summed E-state index contributed by atoms with van der Waals surface area (Å²) < 4.78 is 0. The van der Waals surface area contributed by atoms with E-state index in [1.807, 2.05) is 18.1 Å². The molecule has 0 unspecified atom stereocenters. The van der Waals surface area contributed by atoms with Crippen LogP contribution in [0, 0.1) is 5.92 Å². The lowest BCUT2D eigenvalue weighted by atomic mass is 9.95. The molecule has 0 saturated carbocycles. The van der Waals surface area contributed by atoms with E-state index < -0.39 is 0 Å². The number of anilines is 1. The van der Waals surface area contributed by atoms with Gasteiger partial charge in [-0.15, -0.1) is 0 Å². The zero-order chi connectivity index (χ0) is 16.8. The van der Waals surface area contributed by atoms with Crippen LogP contribution in [0.5, 0.6) is 0 Å². The molecule has 7 heteroatoms. The predicted octanol–water partition coefficient (Wildman–Crippen LogP) is 1.79. The van der Waals surface area contributed by atoms with Crippen LogP contribution in [0.3, 0.4) is 0 Å². The van der Waals surface area contributed by atoms with Crippen molar-refractivity contribution in [3.8, 4) is 0 Å². The Hall–Kier alpha value is -2.57. The predicted molar refractivity (Wildman–Crippen MR) is 90.6 cm³/mol. The lowest BCUT2D eigenvalue weighted by Crippen LogP contribution is -2.32. The van der Waals surface area contributed by atoms with E-state index in [2.05, 4.69) is 25.3 Å². The molecular formula is C17H22N6O. The van der Waals surface area contributed by atoms with Gasteiger partial charge >= 0.3 is 0 Å². The van der Waals surface area contributed by atoms with Crippen LogP contribution in [-0.2, 0) is 6.42 Å². The highest BCUT2D eigenvalue weighted by molar-refractivity contribution is 5.91. The van der Waals surface area contributed by atoms with Gasteiger partial charge in [-0.2, -0.15) is 0 Å². The summed E-state index contributed by atoms with van der Waals surface area (Å²) in [6.07, 6.45) is 12.2. The molecule has 1 fully saturated rings. The third-order valence-corrected chi connectivity index (χ3v) is 4.38. The van der Waals surface area contributed by atoms with Gasteiger partial charge in [0, 0.05) is 32.5 Å². The number of carbonyl (C=O) groups excluding carboxylic acids is 1. The summed E-state index contributed by atoms with van der Waals surface area (Å²) in [7, 11) is 1.83. The number of amides is 1. The minimum atomic E-state index is -0.0260. The molecule has 3 heterocycles. The van der Waals surface area contributed by atoms with Crippen molar-refractivity contribution in [1.82, 2.24) is 24.8 Å². The molecular weight excluding hydrogens is 304 g/mol. The Morgan fingerprint density at radius 1 is 1.17 bits per heavy atom. The van der Waals surface area contributed by atoms with Crippen molar-refractivity contribution < 1.29 is 4.79 Å². The van der Waals surface area contributed by atoms with Gasteiger partial charge < -0.3 is 10.2 Å². The Balaban J connectivity index is 1.57. The third-order valence-electron chi connectivity index (χ3n) is 4.38. The lowest BCUT2D eigenvalue weighted by molar-refractivity contribution is 0.0753. The van der Waals surface area contributed by atoms with E-state index in [4.69, 9.17) is 0 Å². The monoisotopic (exact) mass is 326 g/mol. The van der Waals surface area contributed by atoms with E-state index in [0.717, 1.165) is 50.3 Å². The van der Waals surface area contributed by atoms with E-state index in [0.29, 0.717) is 11.6 Å². The normalized spacial score (nSPS) is 18.0. The van der Waals surface area contributed by atoms with Crippen molar-refractivity contribution in [1.29, 1.82) is 0 Å². The van der Waals surface area contributed by atoms with E-state index in [-0.39, 0.29) is 5.91 Å². The zero-order valence-corrected chi connectivity index (χ0v) is 13.9. The molecule has 0 aliphatic carbocycles. The molecule has 0 radical (unpaired) electrons. The number of carbonyl (C=O) groups is 1. The second kappa shape index (κ2) is 7.81. The molecule has 1 N–H and O–H groups in total. The standard InChI is InChI=1S/C17H22N6O/c1-18-16-12-21-14(10-22-16)9-13-3-2-7-23(8-4-13)17(24)15-11-19-5-6-20-15/h5-6,10-13H,2-4,7-9H2,1H3,(H,18,22)/t13-/m0/s1. The second-order valence-corrected chi connectivity index (χ2v) is 6.03. The van der Waals surface area contributed by atoms with Crippen LogP contribution in [-0.4, -0.2) is 50.9 Å². The Morgan fingerprint density at radius 2 is 2.08 bits per heavy atom. The summed E-state index contributed by atoms with van der Waals surface area (Å²) >= 11 is 0. The van der Waals surface area contributed by atoms with Crippen molar-refractivity contribution in [2.45, 2.75) is 25.7 Å². The summed E-state index contributed by atoms with van der Waals surface area (Å²) in [6, 6.07) is 0. The van der Waals surface area contributed by atoms with Crippen molar-refractivity contribution in [3.63, 3.8) is 0 Å². The number of hydrogen-bond donors (Lipinski definition) is 1. The molecule has 1 aliphatic heterocycles. The average molecular weight is 326 g/mol. The quantitative estimate of drug-likeness (QED) is 0.922. The van der Waals surface area contributed by atoms with Crippen molar-refractivity contribution in [2.75, 3.05) is 25.5 Å². The molecule has 0 bridgehead atoms. The zero-order valence-electron chi connectivity index (χ0n) is 13.9. The highest BCUT2D eigenvalue weighted by Crippen LogP contribution is 2.22. The van der Waals surface area contributed by atoms with Gasteiger partial charge in [0.25, 0.3) is 5.91 Å². The van der Waals surface area contributed by atoms with E-state index >= 15 is 0 Å². The van der Waals surface area contributed by atoms with E-state index in [9.17, 15) is 4.79 Å². The fourth-order valence-electron chi connectivity index (χ4n) is 3.03. The lowest BCUT2D eigenvalue weighted by Gasteiger charge is -2.20. The maximum Gasteiger partial charge on any atom is 0.274 e. The van der Waals surface area contributed by atoms with Gasteiger partial charge in [-0.25, -0.2) is 9.97 Å². The van der Waals surface area contributed by atoms with Crippen molar-refractivity contribution in [2.24, 2.45) is 5.92 Å². The van der Waals surface area contributed by atoms with Crippen LogP contribution in [0.4, 0.5) is 5.82 Å². The maximum atomic E-state index is 12.5. The first-order chi connectivity index (χ1) is 11.8. The number of nitrogens with one attached hydrogen (secondary N) is 1. The van der Waals surface area contributed by atoms with Gasteiger partial charge in [-0.05, 0) is 31.6 Å². The van der Waals surface area contributed by atoms with Gasteiger partial charge in [0.2, 0.25) is 0 Å². The fraction of sp³-hybridized carbons (Fsp3) is 0.471. The number of likely N-dealkylation sites (tertiary alicyclic amines) is 1. The maximum absolute atomic E-state index is 12.5. The number of nitrogens with zero attached hydrogens (tertiary/aromatic N) is 5. The highest BCUT2D eigenvalue weighted by Gasteiger charge is 2.22. The van der Waals surface area contributed by atoms with Gasteiger partial charge in [0.1, 0.15) is 11.5 Å². The van der Waals surface area contributed by atoms with Gasteiger partial charge in [0.05, 0.1) is 24.3 Å². The minimum absolute atomic E-state index is 0.0260. The van der Waals surface area contributed by atoms with Crippen LogP contribution in [0.2, 0.25) is 0 Å². The number of hydrogen-bond acceptors (Lipinski definition) is 6. The Labute approximate surface area is 141 Å². The Kier molecular flexibility index (Phi) is 5.30. The van der Waals surface area contributed by atoms with Crippen LogP contribution < -0.4 is 5.32 Å². The molecule has 0 aromatic carbocycles. The molecule has 1 saturated heterocycles. The Morgan fingerprint density at radius 3 is 2.79 bits per heavy atom. The first kappa shape index (κ1) is 16.3. The first-order valence-electron chi connectivity index (χ1n) is 8.30. The first-order valence-corrected chi connectivity index (χ1v) is 8.30. The average Bonchev–Trinajstić information content (AvgIpc) is 2.88. The molecule has 3 rings (SSSR count). The summed E-state index contributed by atoms with van der Waals surface area (Å²) in [5, 5.41) is 2.97. The van der Waals surface area contributed by atoms with Gasteiger partial charge in [0.15, 0.2) is 0 Å². The molecule has 126 valence electrons. The summed E-state index contributed by atoms with van der Waals surface area (Å²) in [4.78, 5) is 31.2. The Bertz CT molecular complexity index is 661. The number of aromatic nitrogens is 4. The summed E-state index contributed by atoms with van der Waals surface area (Å²) in [5.74, 6) is 1.28. The van der Waals surface area contributed by atoms with Crippen molar-refractivity contribution >= 4 is 11.7 Å². The molecule has 2 aromatic heterocycles. The van der Waals surface area contributed by atoms with E-state index in [1.54, 1.807) is 18.6 Å². The molecule has 2 aromatic rings. The molecule has 1 aliphatic rings. The molecule has 1 amide bonds. The highest BCUT2D eigenvalue weighted by atomic mass is 16.2. The van der Waals surface area contributed by atoms with Gasteiger partial charge in [-0.3, -0.25) is 14.8 Å². The van der Waals surface area contributed by atoms with Crippen LogP contribution in [0.15, 0.2) is 31.0 Å². The molecule has 24 heavy (non-hydrogen) atoms. The SMILES string of the molecule is CNc1cnc(C[C@H]2CCCN(C(=O)c3cnccn3)CC2)cn1. The second-order valence-electron chi connectivity index (χ2n) is 6.03. The van der Waals surface area contributed by atoms with Crippen molar-refractivity contribution in [3.05, 3.63) is 42.4 Å². The molecule has 1 atom stereocenters. The smallest absolute Gasteiger partial charge is 0.274 e. The van der Waals surface area contributed by atoms with E-state index in [1.165, 1.54) is 6.20 Å². The van der Waals surface area contributed by atoms with Gasteiger partial charge in [-0.1, -0.05) is 0 Å². The molecule has 0 spiro atoms. The minimum Gasteiger partial charge on any atom is -0.372 e. The largest absolute Gasteiger partial charge is 0.372 e. The topological polar surface area (TPSA) is 83.9 Å².